The maximum atomic E-state index is 13.4. The molecule has 0 spiro atoms. The molecule has 2 aromatic carbocycles. The zero-order valence-corrected chi connectivity index (χ0v) is 15.6. The van der Waals surface area contributed by atoms with Crippen LogP contribution < -0.4 is 4.90 Å². The van der Waals surface area contributed by atoms with Crippen LogP contribution in [0.2, 0.25) is 5.02 Å². The van der Waals surface area contributed by atoms with E-state index in [9.17, 15) is 9.18 Å². The number of amides is 1. The predicted molar refractivity (Wildman–Crippen MR) is 100 cm³/mol. The molecule has 1 aromatic heterocycles. The number of carbonyl (C=O) groups excluding carboxylic acids is 1. The van der Waals surface area contributed by atoms with Gasteiger partial charge in [0, 0.05) is 24.2 Å². The first-order valence-electron chi connectivity index (χ1n) is 8.59. The molecule has 0 saturated carbocycles. The van der Waals surface area contributed by atoms with Crippen molar-refractivity contribution in [3.63, 3.8) is 0 Å². The van der Waals surface area contributed by atoms with Crippen molar-refractivity contribution in [2.75, 3.05) is 11.4 Å². The van der Waals surface area contributed by atoms with Crippen LogP contribution in [-0.2, 0) is 4.79 Å². The van der Waals surface area contributed by atoms with Crippen LogP contribution in [0.4, 0.5) is 10.1 Å². The Bertz CT molecular complexity index is 1030. The number of rotatable bonds is 3. The molecule has 1 saturated heterocycles. The third kappa shape index (κ3) is 3.32. The highest BCUT2D eigenvalue weighted by molar-refractivity contribution is 6.31. The Hall–Kier alpha value is -2.73. The van der Waals surface area contributed by atoms with Crippen LogP contribution in [0.3, 0.4) is 0 Å². The summed E-state index contributed by atoms with van der Waals surface area (Å²) in [6.07, 6.45) is 0.254. The Balaban J connectivity index is 1.56. The Morgan fingerprint density at radius 2 is 2.00 bits per heavy atom. The van der Waals surface area contributed by atoms with Crippen molar-refractivity contribution in [3.05, 3.63) is 64.3 Å². The molecule has 1 aliphatic rings. The summed E-state index contributed by atoms with van der Waals surface area (Å²) in [4.78, 5) is 18.5. The first-order valence-corrected chi connectivity index (χ1v) is 8.97. The van der Waals surface area contributed by atoms with E-state index < -0.39 is 5.82 Å². The highest BCUT2D eigenvalue weighted by Crippen LogP contribution is 2.33. The average molecular weight is 386 g/mol. The van der Waals surface area contributed by atoms with Crippen molar-refractivity contribution in [2.24, 2.45) is 0 Å². The van der Waals surface area contributed by atoms with E-state index in [2.05, 4.69) is 10.1 Å². The fourth-order valence-electron chi connectivity index (χ4n) is 3.17. The third-order valence-corrected chi connectivity index (χ3v) is 5.19. The molecule has 27 heavy (non-hydrogen) atoms. The van der Waals surface area contributed by atoms with E-state index >= 15 is 0 Å². The molecule has 1 unspecified atom stereocenters. The fraction of sp³-hybridized carbons (Fsp3) is 0.250. The number of nitrogens with zero attached hydrogens (tertiary/aromatic N) is 3. The summed E-state index contributed by atoms with van der Waals surface area (Å²) in [5, 5.41) is 4.05. The van der Waals surface area contributed by atoms with Gasteiger partial charge in [-0.25, -0.2) is 4.39 Å². The molecule has 1 fully saturated rings. The van der Waals surface area contributed by atoms with Gasteiger partial charge in [-0.05, 0) is 49.2 Å². The van der Waals surface area contributed by atoms with E-state index in [0.29, 0.717) is 23.9 Å². The lowest BCUT2D eigenvalue weighted by molar-refractivity contribution is -0.117. The van der Waals surface area contributed by atoms with E-state index in [0.717, 1.165) is 11.1 Å². The predicted octanol–water partition coefficient (Wildman–Crippen LogP) is 4.67. The van der Waals surface area contributed by atoms with Gasteiger partial charge in [0.05, 0.1) is 10.9 Å². The number of halogens is 2. The molecule has 0 bridgehead atoms. The Labute approximate surface area is 160 Å². The largest absolute Gasteiger partial charge is 0.339 e. The minimum atomic E-state index is -0.515. The molecule has 3 aromatic rings. The van der Waals surface area contributed by atoms with Crippen LogP contribution in [0, 0.1) is 19.7 Å². The normalized spacial score (nSPS) is 17.0. The molecule has 0 N–H and O–H groups in total. The summed E-state index contributed by atoms with van der Waals surface area (Å²) in [6.45, 7) is 4.46. The van der Waals surface area contributed by atoms with Gasteiger partial charge in [0.25, 0.3) is 0 Å². The number of benzene rings is 2. The van der Waals surface area contributed by atoms with Crippen molar-refractivity contribution in [3.8, 4) is 11.4 Å². The van der Waals surface area contributed by atoms with Gasteiger partial charge in [-0.3, -0.25) is 4.79 Å². The van der Waals surface area contributed by atoms with Crippen LogP contribution in [0.5, 0.6) is 0 Å². The number of aryl methyl sites for hydroxylation is 2. The first-order chi connectivity index (χ1) is 12.9. The molecule has 7 heteroatoms. The lowest BCUT2D eigenvalue weighted by atomic mass is 10.1. The molecular formula is C20H17ClFN3O2. The van der Waals surface area contributed by atoms with Crippen molar-refractivity contribution >= 4 is 23.2 Å². The van der Waals surface area contributed by atoms with Gasteiger partial charge >= 0.3 is 0 Å². The maximum absolute atomic E-state index is 13.4. The molecule has 0 aliphatic carbocycles. The van der Waals surface area contributed by atoms with Crippen LogP contribution in [-0.4, -0.2) is 22.6 Å². The molecule has 0 radical (unpaired) electrons. The number of hydrogen-bond donors (Lipinski definition) is 0. The van der Waals surface area contributed by atoms with Crippen molar-refractivity contribution < 1.29 is 13.7 Å². The SMILES string of the molecule is Cc1ccc(-c2noc(C3CC(=O)N(c4ccc(F)c(Cl)c4)C3)n2)cc1C. The van der Waals surface area contributed by atoms with E-state index in [1.807, 2.05) is 32.0 Å². The lowest BCUT2D eigenvalue weighted by Gasteiger charge is -2.16. The molecular weight excluding hydrogens is 369 g/mol. The second-order valence-corrected chi connectivity index (χ2v) is 7.17. The van der Waals surface area contributed by atoms with Crippen LogP contribution in [0.15, 0.2) is 40.9 Å². The van der Waals surface area contributed by atoms with Crippen molar-refractivity contribution in [1.82, 2.24) is 10.1 Å². The van der Waals surface area contributed by atoms with Crippen molar-refractivity contribution in [2.45, 2.75) is 26.2 Å². The van der Waals surface area contributed by atoms with Crippen LogP contribution in [0.25, 0.3) is 11.4 Å². The average Bonchev–Trinajstić information content (AvgIpc) is 3.27. The number of hydrogen-bond acceptors (Lipinski definition) is 4. The minimum absolute atomic E-state index is 0.0152. The zero-order chi connectivity index (χ0) is 19.1. The van der Waals surface area contributed by atoms with Gasteiger partial charge in [-0.15, -0.1) is 0 Å². The fourth-order valence-corrected chi connectivity index (χ4v) is 3.35. The minimum Gasteiger partial charge on any atom is -0.339 e. The number of carbonyl (C=O) groups is 1. The van der Waals surface area contributed by atoms with E-state index in [1.54, 1.807) is 4.90 Å². The standard InChI is InChI=1S/C20H17ClFN3O2/c1-11-3-4-13(7-12(11)2)19-23-20(27-24-19)14-8-18(26)25(10-14)15-5-6-17(22)16(21)9-15/h3-7,9,14H,8,10H2,1-2H3. The van der Waals surface area contributed by atoms with Gasteiger partial charge < -0.3 is 9.42 Å². The smallest absolute Gasteiger partial charge is 0.232 e. The Kier molecular flexibility index (Phi) is 4.44. The van der Waals surface area contributed by atoms with Gasteiger partial charge in [0.1, 0.15) is 5.82 Å². The summed E-state index contributed by atoms with van der Waals surface area (Å²) >= 11 is 5.83. The Morgan fingerprint density at radius 1 is 1.19 bits per heavy atom. The second kappa shape index (κ2) is 6.78. The molecule has 5 nitrogen and oxygen atoms in total. The molecule has 1 aliphatic heterocycles. The number of anilines is 1. The zero-order valence-electron chi connectivity index (χ0n) is 14.9. The Morgan fingerprint density at radius 3 is 2.74 bits per heavy atom. The van der Waals surface area contributed by atoms with Gasteiger partial charge in [-0.1, -0.05) is 28.9 Å². The van der Waals surface area contributed by atoms with Gasteiger partial charge in [0.2, 0.25) is 17.6 Å². The highest BCUT2D eigenvalue weighted by Gasteiger charge is 2.35. The molecule has 1 amide bonds. The van der Waals surface area contributed by atoms with Crippen LogP contribution >= 0.6 is 11.6 Å². The maximum Gasteiger partial charge on any atom is 0.232 e. The summed E-state index contributed by atoms with van der Waals surface area (Å²) in [7, 11) is 0. The molecule has 138 valence electrons. The van der Waals surface area contributed by atoms with Crippen molar-refractivity contribution in [1.29, 1.82) is 0 Å². The van der Waals surface area contributed by atoms with Gasteiger partial charge in [0.15, 0.2) is 0 Å². The first kappa shape index (κ1) is 17.7. The summed E-state index contributed by atoms with van der Waals surface area (Å²) in [6, 6.07) is 10.2. The highest BCUT2D eigenvalue weighted by atomic mass is 35.5. The third-order valence-electron chi connectivity index (χ3n) is 4.90. The number of aromatic nitrogens is 2. The summed E-state index contributed by atoms with van der Waals surface area (Å²) < 4.78 is 18.8. The molecule has 1 atom stereocenters. The quantitative estimate of drug-likeness (QED) is 0.657. The van der Waals surface area contributed by atoms with Crippen LogP contribution in [0.1, 0.15) is 29.4 Å². The molecule has 4 rings (SSSR count). The summed E-state index contributed by atoms with van der Waals surface area (Å²) in [5.41, 5.74) is 3.77. The van der Waals surface area contributed by atoms with Gasteiger partial charge in [-0.2, -0.15) is 4.98 Å². The molecule has 2 heterocycles. The van der Waals surface area contributed by atoms with E-state index in [-0.39, 0.29) is 23.3 Å². The van der Waals surface area contributed by atoms with E-state index in [1.165, 1.54) is 23.8 Å². The topological polar surface area (TPSA) is 59.2 Å². The lowest BCUT2D eigenvalue weighted by Crippen LogP contribution is -2.24. The second-order valence-electron chi connectivity index (χ2n) is 6.76. The summed E-state index contributed by atoms with van der Waals surface area (Å²) in [5.74, 6) is 0.109. The van der Waals surface area contributed by atoms with E-state index in [4.69, 9.17) is 16.1 Å². The monoisotopic (exact) mass is 385 g/mol.